The molecule has 0 amide bonds. The summed E-state index contributed by atoms with van der Waals surface area (Å²) >= 11 is 3.27. The molecule has 0 aromatic heterocycles. The smallest absolute Gasteiger partial charge is 0.138 e. The molecule has 3 nitrogen and oxygen atoms in total. The van der Waals surface area contributed by atoms with Gasteiger partial charge in [-0.2, -0.15) is 0 Å². The maximum Gasteiger partial charge on any atom is 0.138 e. The Balaban J connectivity index is 1.72. The summed E-state index contributed by atoms with van der Waals surface area (Å²) < 4.78 is 18.7. The molecule has 1 heterocycles. The zero-order valence-electron chi connectivity index (χ0n) is 11.3. The van der Waals surface area contributed by atoms with E-state index in [1.54, 1.807) is 0 Å². The molecular weight excluding hydrogens is 325 g/mol. The highest BCUT2D eigenvalue weighted by atomic mass is 79.9. The quantitative estimate of drug-likeness (QED) is 0.587. The fourth-order valence-corrected chi connectivity index (χ4v) is 2.55. The van der Waals surface area contributed by atoms with E-state index in [0.717, 1.165) is 37.2 Å². The summed E-state index contributed by atoms with van der Waals surface area (Å²) in [4.78, 5) is 12.6. The number of alkyl halides is 2. The molecule has 1 atom stereocenters. The molecule has 1 unspecified atom stereocenters. The normalized spacial score (nSPS) is 18.7. The number of ether oxygens (including phenoxy) is 1. The lowest BCUT2D eigenvalue weighted by Crippen LogP contribution is -2.37. The largest absolute Gasteiger partial charge is 0.492 e. The summed E-state index contributed by atoms with van der Waals surface area (Å²) in [7, 11) is 0. The second kappa shape index (κ2) is 7.74. The Morgan fingerprint density at radius 2 is 2.00 bits per heavy atom. The van der Waals surface area contributed by atoms with Crippen molar-refractivity contribution in [2.75, 3.05) is 26.2 Å². The number of hydrogen-bond donors (Lipinski definition) is 0. The van der Waals surface area contributed by atoms with Crippen LogP contribution >= 0.6 is 15.9 Å². The van der Waals surface area contributed by atoms with Gasteiger partial charge in [-0.15, -0.1) is 0 Å². The first-order valence-electron chi connectivity index (χ1n) is 6.87. The fraction of sp³-hybridized carbons (Fsp3) is 0.533. The summed E-state index contributed by atoms with van der Waals surface area (Å²) in [6.45, 7) is 3.05. The van der Waals surface area contributed by atoms with Crippen molar-refractivity contribution >= 4 is 22.2 Å². The van der Waals surface area contributed by atoms with Gasteiger partial charge in [0.2, 0.25) is 0 Å². The molecule has 0 radical (unpaired) electrons. The van der Waals surface area contributed by atoms with Crippen LogP contribution in [0.5, 0.6) is 5.75 Å². The van der Waals surface area contributed by atoms with Gasteiger partial charge in [0.1, 0.15) is 24.8 Å². The Kier molecular flexibility index (Phi) is 5.98. The van der Waals surface area contributed by atoms with Gasteiger partial charge in [0, 0.05) is 19.6 Å². The minimum absolute atomic E-state index is 0.265. The Hall–Kier alpha value is -0.940. The van der Waals surface area contributed by atoms with Gasteiger partial charge in [0.15, 0.2) is 0 Å². The fourth-order valence-electron chi connectivity index (χ4n) is 2.24. The highest BCUT2D eigenvalue weighted by Gasteiger charge is 2.17. The summed E-state index contributed by atoms with van der Waals surface area (Å²) in [6, 6.07) is 7.47. The van der Waals surface area contributed by atoms with Crippen LogP contribution in [-0.2, 0) is 4.79 Å². The first-order valence-corrected chi connectivity index (χ1v) is 7.79. The van der Waals surface area contributed by atoms with Crippen LogP contribution in [0.25, 0.3) is 0 Å². The number of piperidine rings is 1. The van der Waals surface area contributed by atoms with E-state index in [9.17, 15) is 9.18 Å². The Morgan fingerprint density at radius 3 is 2.60 bits per heavy atom. The Morgan fingerprint density at radius 1 is 1.35 bits per heavy atom. The van der Waals surface area contributed by atoms with E-state index in [-0.39, 0.29) is 4.83 Å². The number of nitrogens with zero attached hydrogens (tertiary/aromatic N) is 1. The summed E-state index contributed by atoms with van der Waals surface area (Å²) in [5.41, 5.74) is 0.914. The predicted molar refractivity (Wildman–Crippen MR) is 80.2 cm³/mol. The van der Waals surface area contributed by atoms with Crippen LogP contribution in [0.2, 0.25) is 0 Å². The van der Waals surface area contributed by atoms with Crippen LogP contribution in [0.1, 0.15) is 23.2 Å². The van der Waals surface area contributed by atoms with Crippen LogP contribution in [0, 0.1) is 0 Å². The molecule has 110 valence electrons. The van der Waals surface area contributed by atoms with Crippen molar-refractivity contribution in [1.29, 1.82) is 0 Å². The molecule has 2 rings (SSSR count). The minimum Gasteiger partial charge on any atom is -0.492 e. The molecule has 0 saturated carbocycles. The Labute approximate surface area is 127 Å². The SMILES string of the molecule is O=CC(Br)c1ccc(OCCN2CCC(F)CC2)cc1. The zero-order valence-corrected chi connectivity index (χ0v) is 12.9. The van der Waals surface area contributed by atoms with Crippen molar-refractivity contribution < 1.29 is 13.9 Å². The lowest BCUT2D eigenvalue weighted by atomic mass is 10.1. The third kappa shape index (κ3) is 4.56. The van der Waals surface area contributed by atoms with Gasteiger partial charge >= 0.3 is 0 Å². The van der Waals surface area contributed by atoms with Gasteiger partial charge in [0.25, 0.3) is 0 Å². The molecular formula is C15H19BrFNO2. The van der Waals surface area contributed by atoms with Gasteiger partial charge in [-0.05, 0) is 30.5 Å². The Bertz CT molecular complexity index is 418. The van der Waals surface area contributed by atoms with E-state index >= 15 is 0 Å². The molecule has 1 saturated heterocycles. The third-order valence-corrected chi connectivity index (χ3v) is 4.26. The topological polar surface area (TPSA) is 29.5 Å². The van der Waals surface area contributed by atoms with Crippen molar-refractivity contribution in [1.82, 2.24) is 4.90 Å². The van der Waals surface area contributed by atoms with E-state index in [0.29, 0.717) is 19.4 Å². The average Bonchev–Trinajstić information content (AvgIpc) is 2.49. The number of carbonyl (C=O) groups is 1. The number of hydrogen-bond acceptors (Lipinski definition) is 3. The number of rotatable bonds is 6. The molecule has 1 fully saturated rings. The number of benzene rings is 1. The maximum atomic E-state index is 13.0. The van der Waals surface area contributed by atoms with E-state index in [2.05, 4.69) is 20.8 Å². The summed E-state index contributed by atoms with van der Waals surface area (Å²) in [6.07, 6.45) is 1.49. The number of likely N-dealkylation sites (tertiary alicyclic amines) is 1. The van der Waals surface area contributed by atoms with E-state index in [1.807, 2.05) is 24.3 Å². The van der Waals surface area contributed by atoms with Crippen LogP contribution in [-0.4, -0.2) is 43.6 Å². The van der Waals surface area contributed by atoms with E-state index in [4.69, 9.17) is 4.74 Å². The van der Waals surface area contributed by atoms with Crippen LogP contribution in [0.4, 0.5) is 4.39 Å². The van der Waals surface area contributed by atoms with Gasteiger partial charge in [-0.1, -0.05) is 28.1 Å². The standard InChI is InChI=1S/C15H19BrFNO2/c16-15(11-19)12-1-3-14(4-2-12)20-10-9-18-7-5-13(17)6-8-18/h1-4,11,13,15H,5-10H2. The highest BCUT2D eigenvalue weighted by Crippen LogP contribution is 2.22. The van der Waals surface area contributed by atoms with Crippen LogP contribution < -0.4 is 4.74 Å². The van der Waals surface area contributed by atoms with Crippen LogP contribution in [0.3, 0.4) is 0 Å². The van der Waals surface area contributed by atoms with Gasteiger partial charge in [-0.3, -0.25) is 4.90 Å². The molecule has 1 aromatic rings. The van der Waals surface area contributed by atoms with Crippen molar-refractivity contribution in [3.05, 3.63) is 29.8 Å². The van der Waals surface area contributed by atoms with E-state index in [1.165, 1.54) is 0 Å². The third-order valence-electron chi connectivity index (χ3n) is 3.51. The molecule has 0 N–H and O–H groups in total. The predicted octanol–water partition coefficient (Wildman–Crippen LogP) is 3.13. The highest BCUT2D eigenvalue weighted by molar-refractivity contribution is 9.09. The van der Waals surface area contributed by atoms with Gasteiger partial charge < -0.3 is 9.53 Å². The molecule has 1 aliphatic heterocycles. The molecule has 1 aliphatic rings. The summed E-state index contributed by atoms with van der Waals surface area (Å²) in [5.74, 6) is 0.791. The van der Waals surface area contributed by atoms with Crippen molar-refractivity contribution in [2.24, 2.45) is 0 Å². The molecule has 0 aliphatic carbocycles. The summed E-state index contributed by atoms with van der Waals surface area (Å²) in [5, 5.41) is 0. The zero-order chi connectivity index (χ0) is 14.4. The second-order valence-electron chi connectivity index (χ2n) is 4.97. The molecule has 0 spiro atoms. The minimum atomic E-state index is -0.630. The van der Waals surface area contributed by atoms with Crippen molar-refractivity contribution in [3.63, 3.8) is 0 Å². The first-order chi connectivity index (χ1) is 9.69. The lowest BCUT2D eigenvalue weighted by molar-refractivity contribution is -0.107. The number of aldehydes is 1. The van der Waals surface area contributed by atoms with Crippen molar-refractivity contribution in [2.45, 2.75) is 23.8 Å². The van der Waals surface area contributed by atoms with Gasteiger partial charge in [0.05, 0.1) is 4.83 Å². The number of halogens is 2. The lowest BCUT2D eigenvalue weighted by Gasteiger charge is -2.28. The van der Waals surface area contributed by atoms with Crippen LogP contribution in [0.15, 0.2) is 24.3 Å². The maximum absolute atomic E-state index is 13.0. The van der Waals surface area contributed by atoms with E-state index < -0.39 is 6.17 Å². The average molecular weight is 344 g/mol. The second-order valence-corrected chi connectivity index (χ2v) is 5.96. The molecule has 0 bridgehead atoms. The first kappa shape index (κ1) is 15.4. The van der Waals surface area contributed by atoms with Crippen molar-refractivity contribution in [3.8, 4) is 5.75 Å². The molecule has 20 heavy (non-hydrogen) atoms. The number of carbonyl (C=O) groups excluding carboxylic acids is 1. The van der Waals surface area contributed by atoms with Gasteiger partial charge in [-0.25, -0.2) is 4.39 Å². The monoisotopic (exact) mass is 343 g/mol. The molecule has 1 aromatic carbocycles. The molecule has 5 heteroatoms.